The highest BCUT2D eigenvalue weighted by atomic mass is 35.5. The van der Waals surface area contributed by atoms with Crippen molar-refractivity contribution in [2.45, 2.75) is 10.4 Å². The van der Waals surface area contributed by atoms with E-state index in [1.807, 2.05) is 36.4 Å². The van der Waals surface area contributed by atoms with E-state index in [0.717, 1.165) is 25.9 Å². The molecule has 1 aliphatic heterocycles. The van der Waals surface area contributed by atoms with E-state index in [2.05, 4.69) is 10.3 Å². The highest BCUT2D eigenvalue weighted by Gasteiger charge is 2.25. The minimum absolute atomic E-state index is 0.0410. The van der Waals surface area contributed by atoms with Crippen LogP contribution < -0.4 is 10.1 Å². The number of hydrogen-bond donors (Lipinski definition) is 1. The predicted octanol–water partition coefficient (Wildman–Crippen LogP) is 4.29. The lowest BCUT2D eigenvalue weighted by Gasteiger charge is -2.11. The van der Waals surface area contributed by atoms with E-state index in [1.54, 1.807) is 17.4 Å². The number of benzene rings is 2. The largest absolute Gasteiger partial charge is 0.491 e. The van der Waals surface area contributed by atoms with Gasteiger partial charge in [0.25, 0.3) is 0 Å². The first-order valence-electron chi connectivity index (χ1n) is 7.39. The number of thioether (sulfide) groups is 1. The molecule has 122 valence electrons. The summed E-state index contributed by atoms with van der Waals surface area (Å²) < 4.78 is 7.61. The first-order chi connectivity index (χ1) is 11.7. The second kappa shape index (κ2) is 6.63. The molecule has 4 nitrogen and oxygen atoms in total. The Kier molecular flexibility index (Phi) is 4.35. The van der Waals surface area contributed by atoms with Gasteiger partial charge in [0.05, 0.1) is 22.0 Å². The van der Waals surface area contributed by atoms with E-state index in [-0.39, 0.29) is 11.9 Å². The molecule has 24 heavy (non-hydrogen) atoms. The number of carbonyl (C=O) groups is 1. The van der Waals surface area contributed by atoms with Gasteiger partial charge in [-0.25, -0.2) is 4.98 Å². The third-order valence-electron chi connectivity index (χ3n) is 3.69. The van der Waals surface area contributed by atoms with E-state index in [0.29, 0.717) is 17.4 Å². The Morgan fingerprint density at radius 2 is 2.25 bits per heavy atom. The molecule has 0 fully saturated rings. The number of thiazole rings is 1. The maximum Gasteiger partial charge on any atom is 0.231 e. The van der Waals surface area contributed by atoms with Crippen LogP contribution in [0.25, 0.3) is 10.2 Å². The fourth-order valence-electron chi connectivity index (χ4n) is 2.58. The summed E-state index contributed by atoms with van der Waals surface area (Å²) in [6.07, 6.45) is 0. The lowest BCUT2D eigenvalue weighted by Crippen LogP contribution is -2.30. The van der Waals surface area contributed by atoms with Crippen molar-refractivity contribution in [3.05, 3.63) is 53.1 Å². The van der Waals surface area contributed by atoms with Gasteiger partial charge >= 0.3 is 0 Å². The topological polar surface area (TPSA) is 51.2 Å². The Bertz CT molecular complexity index is 879. The van der Waals surface area contributed by atoms with Gasteiger partial charge in [0.15, 0.2) is 4.34 Å². The predicted molar refractivity (Wildman–Crippen MR) is 98.2 cm³/mol. The van der Waals surface area contributed by atoms with Crippen molar-refractivity contribution < 1.29 is 9.53 Å². The average molecular weight is 377 g/mol. The molecule has 0 radical (unpaired) electrons. The summed E-state index contributed by atoms with van der Waals surface area (Å²) >= 11 is 9.08. The van der Waals surface area contributed by atoms with Crippen LogP contribution in [0.2, 0.25) is 5.02 Å². The molecular formula is C17H13ClN2O2S2. The maximum atomic E-state index is 12.2. The van der Waals surface area contributed by atoms with Crippen molar-refractivity contribution in [3.8, 4) is 5.75 Å². The molecule has 0 saturated heterocycles. The molecule has 1 aromatic heterocycles. The third kappa shape index (κ3) is 3.22. The average Bonchev–Trinajstić information content (AvgIpc) is 3.17. The van der Waals surface area contributed by atoms with Gasteiger partial charge in [0.2, 0.25) is 5.91 Å². The zero-order valence-corrected chi connectivity index (χ0v) is 14.9. The molecule has 2 aromatic carbocycles. The first-order valence-corrected chi connectivity index (χ1v) is 9.57. The van der Waals surface area contributed by atoms with E-state index >= 15 is 0 Å². The van der Waals surface area contributed by atoms with Crippen LogP contribution in [0, 0.1) is 0 Å². The van der Waals surface area contributed by atoms with Gasteiger partial charge in [0.1, 0.15) is 12.4 Å². The quantitative estimate of drug-likeness (QED) is 0.690. The highest BCUT2D eigenvalue weighted by Crippen LogP contribution is 2.34. The zero-order valence-electron chi connectivity index (χ0n) is 12.5. The fourth-order valence-corrected chi connectivity index (χ4v) is 4.64. The number of nitrogens with one attached hydrogen (secondary N) is 1. The number of nitrogens with zero attached hydrogens (tertiary/aromatic N) is 1. The van der Waals surface area contributed by atoms with Crippen molar-refractivity contribution in [3.63, 3.8) is 0 Å². The van der Waals surface area contributed by atoms with Crippen LogP contribution >= 0.6 is 34.7 Å². The summed E-state index contributed by atoms with van der Waals surface area (Å²) in [5.74, 6) is 1.07. The smallest absolute Gasteiger partial charge is 0.231 e. The minimum atomic E-state index is -0.151. The van der Waals surface area contributed by atoms with Crippen LogP contribution in [0.4, 0.5) is 0 Å². The van der Waals surface area contributed by atoms with Crippen molar-refractivity contribution in [2.24, 2.45) is 0 Å². The van der Waals surface area contributed by atoms with Gasteiger partial charge in [-0.15, -0.1) is 11.3 Å². The normalized spacial score (nSPS) is 16.0. The number of aromatic nitrogens is 1. The van der Waals surface area contributed by atoms with Crippen LogP contribution in [0.5, 0.6) is 5.75 Å². The number of halogens is 1. The number of para-hydroxylation sites is 1. The Balaban J connectivity index is 1.38. The maximum absolute atomic E-state index is 12.2. The van der Waals surface area contributed by atoms with Crippen molar-refractivity contribution in [1.29, 1.82) is 0 Å². The van der Waals surface area contributed by atoms with E-state index in [1.165, 1.54) is 11.8 Å². The number of ether oxygens (including phenoxy) is 1. The summed E-state index contributed by atoms with van der Waals surface area (Å²) in [5.41, 5.74) is 1.90. The van der Waals surface area contributed by atoms with Gasteiger partial charge in [-0.3, -0.25) is 4.79 Å². The molecule has 0 unspecified atom stereocenters. The lowest BCUT2D eigenvalue weighted by molar-refractivity contribution is -0.119. The monoisotopic (exact) mass is 376 g/mol. The number of amides is 1. The lowest BCUT2D eigenvalue weighted by atomic mass is 10.1. The molecule has 4 rings (SSSR count). The molecule has 0 bridgehead atoms. The second-order valence-corrected chi connectivity index (χ2v) is 8.04. The summed E-state index contributed by atoms with van der Waals surface area (Å²) in [7, 11) is 0. The highest BCUT2D eigenvalue weighted by molar-refractivity contribution is 8.01. The van der Waals surface area contributed by atoms with Gasteiger partial charge in [-0.05, 0) is 30.3 Å². The summed E-state index contributed by atoms with van der Waals surface area (Å²) in [5, 5.41) is 3.64. The minimum Gasteiger partial charge on any atom is -0.491 e. The number of fused-ring (bicyclic) bond motifs is 2. The van der Waals surface area contributed by atoms with Gasteiger partial charge in [-0.1, -0.05) is 35.5 Å². The van der Waals surface area contributed by atoms with Crippen molar-refractivity contribution in [2.75, 3.05) is 12.4 Å². The number of hydrogen-bond acceptors (Lipinski definition) is 5. The van der Waals surface area contributed by atoms with Crippen LogP contribution in [0.3, 0.4) is 0 Å². The summed E-state index contributed by atoms with van der Waals surface area (Å²) in [4.78, 5) is 16.8. The Morgan fingerprint density at radius 1 is 1.38 bits per heavy atom. The van der Waals surface area contributed by atoms with Crippen LogP contribution in [-0.4, -0.2) is 23.3 Å². The van der Waals surface area contributed by atoms with Crippen molar-refractivity contribution in [1.82, 2.24) is 10.3 Å². The Hall–Kier alpha value is -1.76. The summed E-state index contributed by atoms with van der Waals surface area (Å²) in [6.45, 7) is 0.438. The molecule has 3 aromatic rings. The summed E-state index contributed by atoms with van der Waals surface area (Å²) in [6, 6.07) is 13.3. The molecule has 1 N–H and O–H groups in total. The van der Waals surface area contributed by atoms with Crippen LogP contribution in [-0.2, 0) is 4.79 Å². The SMILES string of the molecule is O=C(CSc1nc2ccccc2s1)N[C@H]1COc2ccc(Cl)cc21. The van der Waals surface area contributed by atoms with E-state index in [4.69, 9.17) is 16.3 Å². The van der Waals surface area contributed by atoms with Crippen molar-refractivity contribution >= 4 is 50.8 Å². The fraction of sp³-hybridized carbons (Fsp3) is 0.176. The molecule has 0 spiro atoms. The Labute approximate surface area is 152 Å². The molecule has 1 amide bonds. The third-order valence-corrected chi connectivity index (χ3v) is 6.10. The standard InChI is InChI=1S/C17H13ClN2O2S2/c18-10-5-6-14-11(7-10)13(8-22-14)19-16(21)9-23-17-20-12-3-1-2-4-15(12)24-17/h1-7,13H,8-9H2,(H,19,21)/t13-/m0/s1. The molecular weight excluding hydrogens is 364 g/mol. The van der Waals surface area contributed by atoms with Gasteiger partial charge in [-0.2, -0.15) is 0 Å². The van der Waals surface area contributed by atoms with E-state index < -0.39 is 0 Å². The molecule has 0 saturated carbocycles. The molecule has 1 aliphatic rings. The first kappa shape index (κ1) is 15.7. The molecule has 7 heteroatoms. The van der Waals surface area contributed by atoms with Crippen LogP contribution in [0.15, 0.2) is 46.8 Å². The molecule has 0 aliphatic carbocycles. The molecule has 1 atom stereocenters. The number of rotatable bonds is 4. The molecule has 2 heterocycles. The van der Waals surface area contributed by atoms with E-state index in [9.17, 15) is 4.79 Å². The zero-order chi connectivity index (χ0) is 16.5. The Morgan fingerprint density at radius 3 is 3.12 bits per heavy atom. The van der Waals surface area contributed by atoms with Crippen LogP contribution in [0.1, 0.15) is 11.6 Å². The van der Waals surface area contributed by atoms with Gasteiger partial charge in [0, 0.05) is 10.6 Å². The number of carbonyl (C=O) groups excluding carboxylic acids is 1. The second-order valence-electron chi connectivity index (χ2n) is 5.35. The van der Waals surface area contributed by atoms with Gasteiger partial charge < -0.3 is 10.1 Å².